The first-order chi connectivity index (χ1) is 10.2. The van der Waals surface area contributed by atoms with E-state index in [1.807, 2.05) is 24.3 Å². The predicted octanol–water partition coefficient (Wildman–Crippen LogP) is 3.05. The van der Waals surface area contributed by atoms with Gasteiger partial charge in [-0.2, -0.15) is 5.26 Å². The van der Waals surface area contributed by atoms with Gasteiger partial charge in [0.1, 0.15) is 11.9 Å². The third-order valence-corrected chi connectivity index (χ3v) is 3.78. The van der Waals surface area contributed by atoms with Crippen LogP contribution in [0.5, 0.6) is 0 Å². The summed E-state index contributed by atoms with van der Waals surface area (Å²) in [6.07, 6.45) is 1.43. The topological polar surface area (TPSA) is 52.9 Å². The Kier molecular flexibility index (Phi) is 3.41. The van der Waals surface area contributed by atoms with E-state index < -0.39 is 5.82 Å². The van der Waals surface area contributed by atoms with Gasteiger partial charge in [-0.1, -0.05) is 24.3 Å². The molecule has 4 heteroatoms. The molecule has 0 fully saturated rings. The number of nitriles is 1. The molecule has 0 saturated carbocycles. The maximum atomic E-state index is 13.3. The van der Waals surface area contributed by atoms with Gasteiger partial charge < -0.3 is 5.32 Å². The Bertz CT molecular complexity index is 724. The second kappa shape index (κ2) is 5.37. The molecule has 0 unspecified atom stereocenters. The van der Waals surface area contributed by atoms with Crippen LogP contribution in [0.3, 0.4) is 0 Å². The van der Waals surface area contributed by atoms with Gasteiger partial charge in [0.15, 0.2) is 0 Å². The number of nitrogens with zero attached hydrogens (tertiary/aromatic N) is 1. The zero-order chi connectivity index (χ0) is 14.8. The molecular weight excluding hydrogens is 267 g/mol. The van der Waals surface area contributed by atoms with Crippen LogP contribution >= 0.6 is 0 Å². The average Bonchev–Trinajstić information content (AvgIpc) is 2.93. The van der Waals surface area contributed by atoms with E-state index in [9.17, 15) is 9.18 Å². The number of amides is 1. The third kappa shape index (κ3) is 2.63. The minimum Gasteiger partial charge on any atom is -0.326 e. The molecule has 3 nitrogen and oxygen atoms in total. The van der Waals surface area contributed by atoms with Crippen molar-refractivity contribution in [3.05, 3.63) is 65.0 Å². The van der Waals surface area contributed by atoms with Crippen molar-refractivity contribution in [1.29, 1.82) is 5.26 Å². The molecule has 0 bridgehead atoms. The summed E-state index contributed by atoms with van der Waals surface area (Å²) in [4.78, 5) is 12.3. The van der Waals surface area contributed by atoms with Gasteiger partial charge in [-0.3, -0.25) is 4.79 Å². The molecule has 21 heavy (non-hydrogen) atoms. The number of hydrogen-bond acceptors (Lipinski definition) is 2. The summed E-state index contributed by atoms with van der Waals surface area (Å²) in [5, 5.41) is 11.6. The van der Waals surface area contributed by atoms with Gasteiger partial charge in [-0.15, -0.1) is 0 Å². The number of halogens is 1. The molecule has 1 aliphatic rings. The fourth-order valence-electron chi connectivity index (χ4n) is 2.68. The molecule has 2 aromatic carbocycles. The molecule has 0 aliphatic heterocycles. The predicted molar refractivity (Wildman–Crippen MR) is 77.1 cm³/mol. The van der Waals surface area contributed by atoms with Gasteiger partial charge in [0.2, 0.25) is 5.91 Å². The molecule has 104 valence electrons. The molecule has 2 aromatic rings. The van der Waals surface area contributed by atoms with Crippen molar-refractivity contribution in [2.24, 2.45) is 5.92 Å². The first-order valence-electron chi connectivity index (χ1n) is 6.74. The van der Waals surface area contributed by atoms with E-state index in [-0.39, 0.29) is 17.4 Å². The van der Waals surface area contributed by atoms with E-state index in [0.717, 1.165) is 0 Å². The Hall–Kier alpha value is -2.67. The lowest BCUT2D eigenvalue weighted by Crippen LogP contribution is -2.23. The summed E-state index contributed by atoms with van der Waals surface area (Å²) in [6.45, 7) is 0. The highest BCUT2D eigenvalue weighted by Crippen LogP contribution is 2.27. The number of carbonyl (C=O) groups excluding carboxylic acids is 1. The molecule has 0 aromatic heterocycles. The zero-order valence-electron chi connectivity index (χ0n) is 11.3. The Morgan fingerprint density at radius 2 is 1.86 bits per heavy atom. The molecule has 0 saturated heterocycles. The summed E-state index contributed by atoms with van der Waals surface area (Å²) >= 11 is 0. The zero-order valence-corrected chi connectivity index (χ0v) is 11.3. The van der Waals surface area contributed by atoms with Gasteiger partial charge in [0.05, 0.1) is 5.56 Å². The van der Waals surface area contributed by atoms with Crippen molar-refractivity contribution in [3.8, 4) is 6.07 Å². The van der Waals surface area contributed by atoms with Crippen molar-refractivity contribution >= 4 is 11.6 Å². The van der Waals surface area contributed by atoms with E-state index in [0.29, 0.717) is 18.5 Å². The summed E-state index contributed by atoms with van der Waals surface area (Å²) in [5.74, 6) is -0.788. The maximum absolute atomic E-state index is 13.3. The highest BCUT2D eigenvalue weighted by atomic mass is 19.1. The highest BCUT2D eigenvalue weighted by molar-refractivity contribution is 5.93. The number of carbonyl (C=O) groups is 1. The van der Waals surface area contributed by atoms with Crippen molar-refractivity contribution in [2.75, 3.05) is 5.32 Å². The maximum Gasteiger partial charge on any atom is 0.228 e. The molecule has 1 aliphatic carbocycles. The highest BCUT2D eigenvalue weighted by Gasteiger charge is 2.27. The van der Waals surface area contributed by atoms with Gasteiger partial charge in [-0.05, 0) is 42.2 Å². The van der Waals surface area contributed by atoms with E-state index in [4.69, 9.17) is 5.26 Å². The molecule has 0 spiro atoms. The quantitative estimate of drug-likeness (QED) is 0.919. The normalized spacial score (nSPS) is 13.5. The van der Waals surface area contributed by atoms with Crippen molar-refractivity contribution in [2.45, 2.75) is 12.8 Å². The van der Waals surface area contributed by atoms with Crippen LogP contribution in [-0.4, -0.2) is 5.91 Å². The summed E-state index contributed by atoms with van der Waals surface area (Å²) in [5.41, 5.74) is 2.79. The molecule has 0 radical (unpaired) electrons. The summed E-state index contributed by atoms with van der Waals surface area (Å²) < 4.78 is 13.3. The monoisotopic (exact) mass is 280 g/mol. The summed E-state index contributed by atoms with van der Waals surface area (Å²) in [7, 11) is 0. The fraction of sp³-hybridized carbons (Fsp3) is 0.176. The second-order valence-electron chi connectivity index (χ2n) is 5.17. The SMILES string of the molecule is N#Cc1cc(NC(=O)C2Cc3ccccc3C2)ccc1F. The molecule has 0 heterocycles. The Labute approximate surface area is 122 Å². The first-order valence-corrected chi connectivity index (χ1v) is 6.74. The Morgan fingerprint density at radius 1 is 1.19 bits per heavy atom. The third-order valence-electron chi connectivity index (χ3n) is 3.78. The van der Waals surface area contributed by atoms with Gasteiger partial charge in [0.25, 0.3) is 0 Å². The number of anilines is 1. The number of fused-ring (bicyclic) bond motifs is 1. The van der Waals surface area contributed by atoms with Crippen LogP contribution < -0.4 is 5.32 Å². The molecule has 1 amide bonds. The largest absolute Gasteiger partial charge is 0.326 e. The van der Waals surface area contributed by atoms with Crippen LogP contribution in [-0.2, 0) is 17.6 Å². The van der Waals surface area contributed by atoms with E-state index in [2.05, 4.69) is 5.32 Å². The molecule has 3 rings (SSSR count). The van der Waals surface area contributed by atoms with Crippen LogP contribution in [0.2, 0.25) is 0 Å². The number of benzene rings is 2. The van der Waals surface area contributed by atoms with Gasteiger partial charge >= 0.3 is 0 Å². The minimum atomic E-state index is -0.580. The number of hydrogen-bond donors (Lipinski definition) is 1. The fourth-order valence-corrected chi connectivity index (χ4v) is 2.68. The van der Waals surface area contributed by atoms with E-state index in [1.54, 1.807) is 6.07 Å². The van der Waals surface area contributed by atoms with Crippen molar-refractivity contribution in [3.63, 3.8) is 0 Å². The van der Waals surface area contributed by atoms with Gasteiger partial charge in [0, 0.05) is 11.6 Å². The van der Waals surface area contributed by atoms with Crippen molar-refractivity contribution < 1.29 is 9.18 Å². The lowest BCUT2D eigenvalue weighted by atomic mass is 10.1. The van der Waals surface area contributed by atoms with E-state index in [1.165, 1.54) is 29.3 Å². The van der Waals surface area contributed by atoms with Crippen LogP contribution in [0.15, 0.2) is 42.5 Å². The summed E-state index contributed by atoms with van der Waals surface area (Å²) in [6, 6.07) is 13.8. The standard InChI is InChI=1S/C17H13FN2O/c18-16-6-5-15(9-14(16)10-19)20-17(21)13-7-11-3-1-2-4-12(11)8-13/h1-6,9,13H,7-8H2,(H,20,21). The van der Waals surface area contributed by atoms with E-state index >= 15 is 0 Å². The van der Waals surface area contributed by atoms with Crippen LogP contribution in [0.25, 0.3) is 0 Å². The number of nitrogens with one attached hydrogen (secondary N) is 1. The average molecular weight is 280 g/mol. The smallest absolute Gasteiger partial charge is 0.228 e. The Morgan fingerprint density at radius 3 is 2.48 bits per heavy atom. The first kappa shape index (κ1) is 13.3. The van der Waals surface area contributed by atoms with Crippen LogP contribution in [0.1, 0.15) is 16.7 Å². The van der Waals surface area contributed by atoms with Crippen molar-refractivity contribution in [1.82, 2.24) is 0 Å². The minimum absolute atomic E-state index is 0.0671. The van der Waals surface area contributed by atoms with Crippen LogP contribution in [0, 0.1) is 23.1 Å². The molecular formula is C17H13FN2O. The molecule has 1 N–H and O–H groups in total. The van der Waals surface area contributed by atoms with Crippen LogP contribution in [0.4, 0.5) is 10.1 Å². The second-order valence-corrected chi connectivity index (χ2v) is 5.17. The lowest BCUT2D eigenvalue weighted by molar-refractivity contribution is -0.119. The number of rotatable bonds is 2. The Balaban J connectivity index is 1.73. The lowest BCUT2D eigenvalue weighted by Gasteiger charge is -2.10. The van der Waals surface area contributed by atoms with Gasteiger partial charge in [-0.25, -0.2) is 4.39 Å². The molecule has 0 atom stereocenters.